The Labute approximate surface area is 186 Å². The van der Waals surface area contributed by atoms with Crippen LogP contribution in [0.2, 0.25) is 0 Å². The Morgan fingerprint density at radius 2 is 1.78 bits per heavy atom. The predicted molar refractivity (Wildman–Crippen MR) is 117 cm³/mol. The van der Waals surface area contributed by atoms with Gasteiger partial charge in [0.2, 0.25) is 5.91 Å². The summed E-state index contributed by atoms with van der Waals surface area (Å²) in [5.41, 5.74) is 1.19. The van der Waals surface area contributed by atoms with Gasteiger partial charge in [-0.05, 0) is 49.7 Å². The number of methoxy groups -OCH3 is 2. The third-order valence-corrected chi connectivity index (χ3v) is 4.92. The molecule has 3 rings (SSSR count). The van der Waals surface area contributed by atoms with E-state index in [2.05, 4.69) is 5.32 Å². The highest BCUT2D eigenvalue weighted by Crippen LogP contribution is 2.29. The summed E-state index contributed by atoms with van der Waals surface area (Å²) in [5, 5.41) is 2.66. The van der Waals surface area contributed by atoms with Crippen LogP contribution in [0.4, 0.5) is 11.4 Å². The van der Waals surface area contributed by atoms with Gasteiger partial charge in [0.15, 0.2) is 12.7 Å². The molecule has 2 aromatic carbocycles. The van der Waals surface area contributed by atoms with Crippen LogP contribution in [0.25, 0.3) is 0 Å². The molecule has 9 heteroatoms. The van der Waals surface area contributed by atoms with Crippen molar-refractivity contribution in [1.82, 2.24) is 0 Å². The van der Waals surface area contributed by atoms with Crippen molar-refractivity contribution in [2.75, 3.05) is 37.6 Å². The second-order valence-corrected chi connectivity index (χ2v) is 7.12. The minimum absolute atomic E-state index is 0.0982. The summed E-state index contributed by atoms with van der Waals surface area (Å²) < 4.78 is 21.0. The quantitative estimate of drug-likeness (QED) is 0.596. The molecule has 1 fully saturated rings. The van der Waals surface area contributed by atoms with Crippen molar-refractivity contribution in [2.45, 2.75) is 25.9 Å². The van der Waals surface area contributed by atoms with Crippen molar-refractivity contribution in [3.05, 3.63) is 42.5 Å². The minimum Gasteiger partial charge on any atom is -0.497 e. The molecule has 0 aliphatic carbocycles. The van der Waals surface area contributed by atoms with Crippen LogP contribution in [0.1, 0.15) is 19.8 Å². The summed E-state index contributed by atoms with van der Waals surface area (Å²) in [6.45, 7) is 1.80. The molecule has 0 spiro atoms. The second kappa shape index (κ2) is 10.5. The lowest BCUT2D eigenvalue weighted by Crippen LogP contribution is -2.31. The topological polar surface area (TPSA) is 103 Å². The van der Waals surface area contributed by atoms with E-state index < -0.39 is 18.0 Å². The highest BCUT2D eigenvalue weighted by Gasteiger charge is 2.22. The van der Waals surface area contributed by atoms with Crippen LogP contribution < -0.4 is 24.4 Å². The van der Waals surface area contributed by atoms with E-state index in [-0.39, 0.29) is 12.5 Å². The van der Waals surface area contributed by atoms with Crippen LogP contribution in [0.5, 0.6) is 17.2 Å². The zero-order chi connectivity index (χ0) is 23.1. The molecule has 1 heterocycles. The standard InChI is InChI=1S/C23H26N2O7/c1-15(23(28)24-19-13-18(29-2)10-11-20(19)30-3)32-22(27)14-31-17-8-6-16(7-9-17)25-12-4-5-21(25)26/h6-11,13,15H,4-5,12,14H2,1-3H3,(H,24,28). The van der Waals surface area contributed by atoms with Gasteiger partial charge in [-0.3, -0.25) is 9.59 Å². The molecule has 1 atom stereocenters. The summed E-state index contributed by atoms with van der Waals surface area (Å²) >= 11 is 0. The predicted octanol–water partition coefficient (Wildman–Crippen LogP) is 2.78. The summed E-state index contributed by atoms with van der Waals surface area (Å²) in [5.74, 6) is 0.324. The maximum Gasteiger partial charge on any atom is 0.344 e. The minimum atomic E-state index is -1.05. The molecule has 0 bridgehead atoms. The van der Waals surface area contributed by atoms with E-state index in [9.17, 15) is 14.4 Å². The smallest absolute Gasteiger partial charge is 0.344 e. The second-order valence-electron chi connectivity index (χ2n) is 7.12. The van der Waals surface area contributed by atoms with E-state index in [0.29, 0.717) is 35.9 Å². The largest absolute Gasteiger partial charge is 0.497 e. The average molecular weight is 442 g/mol. The molecular formula is C23H26N2O7. The molecule has 2 aromatic rings. The van der Waals surface area contributed by atoms with Gasteiger partial charge in [0.25, 0.3) is 5.91 Å². The molecule has 32 heavy (non-hydrogen) atoms. The van der Waals surface area contributed by atoms with Crippen LogP contribution in [-0.2, 0) is 19.1 Å². The van der Waals surface area contributed by atoms with Crippen molar-refractivity contribution >= 4 is 29.2 Å². The third kappa shape index (κ3) is 5.69. The molecule has 9 nitrogen and oxygen atoms in total. The molecule has 1 aliphatic rings. The van der Waals surface area contributed by atoms with Crippen LogP contribution in [-0.4, -0.2) is 51.3 Å². The first kappa shape index (κ1) is 22.9. The van der Waals surface area contributed by atoms with Crippen molar-refractivity contribution < 1.29 is 33.3 Å². The monoisotopic (exact) mass is 442 g/mol. The average Bonchev–Trinajstić information content (AvgIpc) is 3.23. The van der Waals surface area contributed by atoms with Gasteiger partial charge in [-0.15, -0.1) is 0 Å². The lowest BCUT2D eigenvalue weighted by atomic mass is 10.2. The number of hydrogen-bond donors (Lipinski definition) is 1. The lowest BCUT2D eigenvalue weighted by molar-refractivity contribution is -0.155. The Bertz CT molecular complexity index is 975. The fourth-order valence-corrected chi connectivity index (χ4v) is 3.22. The van der Waals surface area contributed by atoms with E-state index in [1.54, 1.807) is 47.4 Å². The maximum absolute atomic E-state index is 12.4. The number of nitrogens with zero attached hydrogens (tertiary/aromatic N) is 1. The molecule has 1 aliphatic heterocycles. The first-order valence-corrected chi connectivity index (χ1v) is 10.2. The number of hydrogen-bond acceptors (Lipinski definition) is 7. The van der Waals surface area contributed by atoms with E-state index in [0.717, 1.165) is 12.1 Å². The van der Waals surface area contributed by atoms with Crippen molar-refractivity contribution in [3.8, 4) is 17.2 Å². The number of rotatable bonds is 9. The fraction of sp³-hybridized carbons (Fsp3) is 0.348. The van der Waals surface area contributed by atoms with Gasteiger partial charge in [-0.2, -0.15) is 0 Å². The van der Waals surface area contributed by atoms with Gasteiger partial charge in [0.05, 0.1) is 19.9 Å². The summed E-state index contributed by atoms with van der Waals surface area (Å²) in [6, 6.07) is 11.9. The molecule has 2 amide bonds. The normalized spacial score (nSPS) is 14.0. The van der Waals surface area contributed by atoms with Gasteiger partial charge in [-0.1, -0.05) is 0 Å². The SMILES string of the molecule is COc1ccc(OC)c(NC(=O)C(C)OC(=O)COc2ccc(N3CCCC3=O)cc2)c1. The van der Waals surface area contributed by atoms with Crippen LogP contribution in [0.15, 0.2) is 42.5 Å². The highest BCUT2D eigenvalue weighted by atomic mass is 16.6. The molecular weight excluding hydrogens is 416 g/mol. The zero-order valence-electron chi connectivity index (χ0n) is 18.3. The first-order chi connectivity index (χ1) is 15.4. The van der Waals surface area contributed by atoms with Crippen molar-refractivity contribution in [2.24, 2.45) is 0 Å². The number of anilines is 2. The molecule has 0 saturated carbocycles. The summed E-state index contributed by atoms with van der Waals surface area (Å²) in [7, 11) is 2.99. The van der Waals surface area contributed by atoms with Gasteiger partial charge in [0.1, 0.15) is 17.2 Å². The molecule has 0 radical (unpaired) electrons. The van der Waals surface area contributed by atoms with Gasteiger partial charge in [0, 0.05) is 24.7 Å². The molecule has 0 aromatic heterocycles. The van der Waals surface area contributed by atoms with Crippen LogP contribution in [0.3, 0.4) is 0 Å². The van der Waals surface area contributed by atoms with Crippen molar-refractivity contribution in [1.29, 1.82) is 0 Å². The van der Waals surface area contributed by atoms with Crippen LogP contribution in [0, 0.1) is 0 Å². The van der Waals surface area contributed by atoms with E-state index in [4.69, 9.17) is 18.9 Å². The summed E-state index contributed by atoms with van der Waals surface area (Å²) in [6.07, 6.45) is 0.352. The zero-order valence-corrected chi connectivity index (χ0v) is 18.3. The molecule has 1 unspecified atom stereocenters. The Morgan fingerprint density at radius 1 is 1.06 bits per heavy atom. The van der Waals surface area contributed by atoms with E-state index in [1.807, 2.05) is 0 Å². The Kier molecular flexibility index (Phi) is 7.54. The van der Waals surface area contributed by atoms with Crippen molar-refractivity contribution in [3.63, 3.8) is 0 Å². The van der Waals surface area contributed by atoms with Gasteiger partial charge >= 0.3 is 5.97 Å². The Hall–Kier alpha value is -3.75. The number of benzene rings is 2. The third-order valence-electron chi connectivity index (χ3n) is 4.92. The molecule has 170 valence electrons. The molecule has 1 N–H and O–H groups in total. The lowest BCUT2D eigenvalue weighted by Gasteiger charge is -2.17. The fourth-order valence-electron chi connectivity index (χ4n) is 3.22. The van der Waals surface area contributed by atoms with Gasteiger partial charge < -0.3 is 29.2 Å². The summed E-state index contributed by atoms with van der Waals surface area (Å²) in [4.78, 5) is 38.0. The number of carbonyl (C=O) groups excluding carboxylic acids is 3. The first-order valence-electron chi connectivity index (χ1n) is 10.2. The van der Waals surface area contributed by atoms with Gasteiger partial charge in [-0.25, -0.2) is 4.79 Å². The van der Waals surface area contributed by atoms with Crippen LogP contribution >= 0.6 is 0 Å². The molecule has 1 saturated heterocycles. The number of esters is 1. The number of amides is 2. The number of carbonyl (C=O) groups is 3. The Balaban J connectivity index is 1.49. The highest BCUT2D eigenvalue weighted by molar-refractivity contribution is 5.96. The van der Waals surface area contributed by atoms with E-state index >= 15 is 0 Å². The number of ether oxygens (including phenoxy) is 4. The van der Waals surface area contributed by atoms with E-state index in [1.165, 1.54) is 21.1 Å². The number of nitrogens with one attached hydrogen (secondary N) is 1. The Morgan fingerprint density at radius 3 is 2.41 bits per heavy atom. The maximum atomic E-state index is 12.4.